The number of hydrogen-bond donors (Lipinski definition) is 1. The third-order valence-electron chi connectivity index (χ3n) is 5.76. The number of nitrogens with zero attached hydrogens (tertiary/aromatic N) is 2. The maximum absolute atomic E-state index is 13.4. The van der Waals surface area contributed by atoms with Crippen LogP contribution in [-0.2, 0) is 20.8 Å². The summed E-state index contributed by atoms with van der Waals surface area (Å²) in [5.41, 5.74) is 0.613. The number of nitrogens with one attached hydrogen (secondary N) is 1. The molecule has 1 heterocycles. The van der Waals surface area contributed by atoms with Gasteiger partial charge in [-0.1, -0.05) is 25.0 Å². The van der Waals surface area contributed by atoms with Crippen molar-refractivity contribution in [2.24, 2.45) is 5.92 Å². The summed E-state index contributed by atoms with van der Waals surface area (Å²) >= 11 is 0. The molecule has 6 nitrogen and oxygen atoms in total. The van der Waals surface area contributed by atoms with Gasteiger partial charge >= 0.3 is 0 Å². The van der Waals surface area contributed by atoms with Crippen LogP contribution in [0.15, 0.2) is 24.3 Å². The monoisotopic (exact) mass is 389 g/mol. The van der Waals surface area contributed by atoms with Gasteiger partial charge < -0.3 is 15.1 Å². The quantitative estimate of drug-likeness (QED) is 0.838. The molecule has 3 rings (SSSR count). The Bertz CT molecular complexity index is 739. The molecule has 0 aromatic heterocycles. The highest BCUT2D eigenvalue weighted by Crippen LogP contribution is 2.29. The van der Waals surface area contributed by atoms with Crippen molar-refractivity contribution < 1.29 is 18.8 Å². The lowest BCUT2D eigenvalue weighted by Gasteiger charge is -2.40. The summed E-state index contributed by atoms with van der Waals surface area (Å²) in [6, 6.07) is 5.90. The molecular weight excluding hydrogens is 361 g/mol. The molecule has 1 aromatic carbocycles. The first-order valence-corrected chi connectivity index (χ1v) is 10.0. The van der Waals surface area contributed by atoms with Crippen LogP contribution in [0.25, 0.3) is 0 Å². The van der Waals surface area contributed by atoms with Gasteiger partial charge in [0.05, 0.1) is 12.3 Å². The number of hydrogen-bond acceptors (Lipinski definition) is 3. The van der Waals surface area contributed by atoms with Gasteiger partial charge in [0, 0.05) is 39.1 Å². The van der Waals surface area contributed by atoms with Crippen molar-refractivity contribution in [1.82, 2.24) is 15.1 Å². The van der Waals surface area contributed by atoms with Gasteiger partial charge in [-0.05, 0) is 30.5 Å². The van der Waals surface area contributed by atoms with E-state index < -0.39 is 0 Å². The van der Waals surface area contributed by atoms with Crippen molar-refractivity contribution in [2.75, 3.05) is 26.2 Å². The van der Waals surface area contributed by atoms with Crippen LogP contribution in [0.4, 0.5) is 4.39 Å². The molecule has 2 atom stereocenters. The first-order chi connectivity index (χ1) is 13.5. The topological polar surface area (TPSA) is 69.7 Å². The van der Waals surface area contributed by atoms with Crippen LogP contribution < -0.4 is 5.32 Å². The molecule has 1 aliphatic heterocycles. The number of rotatable bonds is 2. The molecular formula is C21H28FN3O3. The number of benzene rings is 1. The molecule has 152 valence electrons. The van der Waals surface area contributed by atoms with E-state index in [0.29, 0.717) is 31.7 Å². The third-order valence-corrected chi connectivity index (χ3v) is 5.76. The van der Waals surface area contributed by atoms with Crippen LogP contribution in [0.5, 0.6) is 0 Å². The van der Waals surface area contributed by atoms with Crippen LogP contribution in [0.2, 0.25) is 0 Å². The number of fused-ring (bicyclic) bond motifs is 1. The largest absolute Gasteiger partial charge is 0.354 e. The molecule has 0 spiro atoms. The maximum atomic E-state index is 13.4. The fourth-order valence-corrected chi connectivity index (χ4v) is 4.32. The van der Waals surface area contributed by atoms with Crippen molar-refractivity contribution in [1.29, 1.82) is 0 Å². The normalized spacial score (nSPS) is 23.6. The highest BCUT2D eigenvalue weighted by Gasteiger charge is 2.36. The standard InChI is InChI=1S/C21H28FN3O3/c1-15(26)25-12-11-24(20(27)14-16-5-4-6-17(22)13-16)10-9-23-21(28)18-7-2-3-8-19(18)25/h4-6,13,18-19H,2-3,7-12,14H2,1H3,(H,23,28). The van der Waals surface area contributed by atoms with Crippen molar-refractivity contribution in [3.63, 3.8) is 0 Å². The second-order valence-electron chi connectivity index (χ2n) is 7.65. The zero-order valence-corrected chi connectivity index (χ0v) is 16.3. The van der Waals surface area contributed by atoms with E-state index in [1.165, 1.54) is 19.1 Å². The summed E-state index contributed by atoms with van der Waals surface area (Å²) in [5.74, 6) is -0.779. The van der Waals surface area contributed by atoms with Gasteiger partial charge in [0.25, 0.3) is 0 Å². The van der Waals surface area contributed by atoms with E-state index >= 15 is 0 Å². The van der Waals surface area contributed by atoms with Gasteiger partial charge in [-0.15, -0.1) is 0 Å². The average molecular weight is 389 g/mol. The Labute approximate surface area is 165 Å². The van der Waals surface area contributed by atoms with Crippen LogP contribution in [-0.4, -0.2) is 59.7 Å². The van der Waals surface area contributed by atoms with E-state index in [1.807, 2.05) is 0 Å². The Kier molecular flexibility index (Phi) is 6.65. The minimum absolute atomic E-state index is 0.0321. The van der Waals surface area contributed by atoms with Gasteiger partial charge in [0.2, 0.25) is 17.7 Å². The highest BCUT2D eigenvalue weighted by molar-refractivity contribution is 5.82. The zero-order chi connectivity index (χ0) is 20.1. The lowest BCUT2D eigenvalue weighted by atomic mass is 9.82. The summed E-state index contributed by atoms with van der Waals surface area (Å²) in [6.07, 6.45) is 3.70. The van der Waals surface area contributed by atoms with Gasteiger partial charge in [-0.25, -0.2) is 4.39 Å². The van der Waals surface area contributed by atoms with Gasteiger partial charge in [0.1, 0.15) is 5.82 Å². The molecule has 0 bridgehead atoms. The fourth-order valence-electron chi connectivity index (χ4n) is 4.32. The number of carbonyl (C=O) groups excluding carboxylic acids is 3. The predicted molar refractivity (Wildman–Crippen MR) is 103 cm³/mol. The van der Waals surface area contributed by atoms with E-state index in [0.717, 1.165) is 25.7 Å². The van der Waals surface area contributed by atoms with Crippen LogP contribution >= 0.6 is 0 Å². The molecule has 1 aromatic rings. The summed E-state index contributed by atoms with van der Waals surface area (Å²) in [6.45, 7) is 3.11. The van der Waals surface area contributed by atoms with E-state index in [-0.39, 0.29) is 41.9 Å². The Morgan fingerprint density at radius 1 is 1.18 bits per heavy atom. The van der Waals surface area contributed by atoms with Crippen molar-refractivity contribution in [3.05, 3.63) is 35.6 Å². The van der Waals surface area contributed by atoms with E-state index in [1.54, 1.807) is 21.9 Å². The van der Waals surface area contributed by atoms with Crippen LogP contribution in [0.3, 0.4) is 0 Å². The SMILES string of the molecule is CC(=O)N1CCN(C(=O)Cc2cccc(F)c2)CCNC(=O)C2CCCCC21. The van der Waals surface area contributed by atoms with Crippen molar-refractivity contribution >= 4 is 17.7 Å². The molecule has 1 saturated heterocycles. The molecule has 2 fully saturated rings. The second kappa shape index (κ2) is 9.17. The Morgan fingerprint density at radius 3 is 2.71 bits per heavy atom. The molecule has 3 amide bonds. The zero-order valence-electron chi connectivity index (χ0n) is 16.3. The van der Waals surface area contributed by atoms with Crippen molar-refractivity contribution in [3.8, 4) is 0 Å². The lowest BCUT2D eigenvalue weighted by molar-refractivity contribution is -0.140. The molecule has 2 aliphatic rings. The van der Waals surface area contributed by atoms with Crippen LogP contribution in [0.1, 0.15) is 38.2 Å². The Hall–Kier alpha value is -2.44. The summed E-state index contributed by atoms with van der Waals surface area (Å²) < 4.78 is 13.4. The summed E-state index contributed by atoms with van der Waals surface area (Å²) in [5, 5.41) is 2.94. The molecule has 2 unspecified atom stereocenters. The maximum Gasteiger partial charge on any atom is 0.227 e. The smallest absolute Gasteiger partial charge is 0.227 e. The Balaban J connectivity index is 1.73. The number of halogens is 1. The molecule has 7 heteroatoms. The molecule has 28 heavy (non-hydrogen) atoms. The first kappa shape index (κ1) is 20.3. The summed E-state index contributed by atoms with van der Waals surface area (Å²) in [4.78, 5) is 41.1. The number of amides is 3. The Morgan fingerprint density at radius 2 is 1.96 bits per heavy atom. The fraction of sp³-hybridized carbons (Fsp3) is 0.571. The lowest BCUT2D eigenvalue weighted by Crippen LogP contribution is -2.55. The molecule has 0 radical (unpaired) electrons. The second-order valence-corrected chi connectivity index (χ2v) is 7.65. The first-order valence-electron chi connectivity index (χ1n) is 10.0. The minimum atomic E-state index is -0.371. The van der Waals surface area contributed by atoms with Gasteiger partial charge in [-0.2, -0.15) is 0 Å². The third kappa shape index (κ3) is 4.88. The van der Waals surface area contributed by atoms with E-state index in [4.69, 9.17) is 0 Å². The van der Waals surface area contributed by atoms with E-state index in [9.17, 15) is 18.8 Å². The predicted octanol–water partition coefficient (Wildman–Crippen LogP) is 1.73. The number of carbonyl (C=O) groups is 3. The highest BCUT2D eigenvalue weighted by atomic mass is 19.1. The summed E-state index contributed by atoms with van der Waals surface area (Å²) in [7, 11) is 0. The molecule has 1 N–H and O–H groups in total. The van der Waals surface area contributed by atoms with Gasteiger partial charge in [0.15, 0.2) is 0 Å². The average Bonchev–Trinajstić information content (AvgIpc) is 2.66. The molecule has 1 aliphatic carbocycles. The minimum Gasteiger partial charge on any atom is -0.354 e. The molecule has 1 saturated carbocycles. The van der Waals surface area contributed by atoms with Crippen LogP contribution in [0, 0.1) is 11.7 Å². The van der Waals surface area contributed by atoms with Crippen molar-refractivity contribution in [2.45, 2.75) is 45.1 Å². The van der Waals surface area contributed by atoms with E-state index in [2.05, 4.69) is 5.32 Å². The van der Waals surface area contributed by atoms with Gasteiger partial charge in [-0.3, -0.25) is 14.4 Å².